The summed E-state index contributed by atoms with van der Waals surface area (Å²) in [6.45, 7) is 0.0664. The predicted octanol–water partition coefficient (Wildman–Crippen LogP) is 0.479. The molecule has 1 rings (SSSR count). The highest BCUT2D eigenvalue weighted by Gasteiger charge is 2.31. The number of carboxylic acids is 1. The molecule has 1 saturated carbocycles. The van der Waals surface area contributed by atoms with Gasteiger partial charge in [0.25, 0.3) is 0 Å². The Bertz CT molecular complexity index is 207. The van der Waals surface area contributed by atoms with Crippen LogP contribution in [-0.4, -0.2) is 28.3 Å². The van der Waals surface area contributed by atoms with Crippen molar-refractivity contribution in [3.8, 4) is 0 Å². The van der Waals surface area contributed by atoms with Crippen molar-refractivity contribution in [2.75, 3.05) is 6.61 Å². The maximum atomic E-state index is 10.2. The molecule has 0 unspecified atom stereocenters. The van der Waals surface area contributed by atoms with Gasteiger partial charge in [0.05, 0.1) is 12.1 Å². The lowest BCUT2D eigenvalue weighted by molar-refractivity contribution is -0.131. The summed E-state index contributed by atoms with van der Waals surface area (Å²) in [6, 6.07) is 0. The van der Waals surface area contributed by atoms with E-state index >= 15 is 0 Å². The van der Waals surface area contributed by atoms with Crippen molar-refractivity contribution in [1.82, 2.24) is 5.32 Å². The molecule has 1 aliphatic carbocycles. The smallest absolute Gasteiger partial charge is 0.329 e. The highest BCUT2D eigenvalue weighted by molar-refractivity contribution is 5.79. The molecule has 0 aromatic rings. The van der Waals surface area contributed by atoms with E-state index in [1.165, 1.54) is 6.20 Å². The van der Waals surface area contributed by atoms with Gasteiger partial charge in [0.1, 0.15) is 0 Å². The van der Waals surface area contributed by atoms with Gasteiger partial charge in [-0.25, -0.2) is 4.79 Å². The van der Waals surface area contributed by atoms with Crippen LogP contribution in [0.4, 0.5) is 0 Å². The third-order valence-corrected chi connectivity index (χ3v) is 2.48. The number of rotatable bonds is 4. The normalized spacial score (nSPS) is 20.7. The SMILES string of the molecule is O=C(O)/C=C/NC1(CO)CCCC1. The molecule has 3 N–H and O–H groups in total. The summed E-state index contributed by atoms with van der Waals surface area (Å²) >= 11 is 0. The van der Waals surface area contributed by atoms with Crippen molar-refractivity contribution < 1.29 is 15.0 Å². The lowest BCUT2D eigenvalue weighted by Gasteiger charge is -2.26. The zero-order valence-corrected chi connectivity index (χ0v) is 7.49. The number of aliphatic carboxylic acids is 1. The van der Waals surface area contributed by atoms with Crippen LogP contribution in [0.5, 0.6) is 0 Å². The van der Waals surface area contributed by atoms with E-state index in [4.69, 9.17) is 10.2 Å². The standard InChI is InChI=1S/C9H15NO3/c11-7-9(4-1-2-5-9)10-6-3-8(12)13/h3,6,10-11H,1-2,4-5,7H2,(H,12,13)/b6-3+. The van der Waals surface area contributed by atoms with E-state index < -0.39 is 5.97 Å². The summed E-state index contributed by atoms with van der Waals surface area (Å²) in [5, 5.41) is 20.5. The molecule has 0 spiro atoms. The number of aliphatic hydroxyl groups is 1. The van der Waals surface area contributed by atoms with E-state index in [1.807, 2.05) is 0 Å². The quantitative estimate of drug-likeness (QED) is 0.557. The van der Waals surface area contributed by atoms with Crippen LogP contribution >= 0.6 is 0 Å². The highest BCUT2D eigenvalue weighted by Crippen LogP contribution is 2.28. The third-order valence-electron chi connectivity index (χ3n) is 2.48. The molecule has 0 saturated heterocycles. The Balaban J connectivity index is 2.44. The van der Waals surface area contributed by atoms with Crippen LogP contribution in [0.25, 0.3) is 0 Å². The van der Waals surface area contributed by atoms with E-state index in [2.05, 4.69) is 5.32 Å². The van der Waals surface area contributed by atoms with Crippen molar-refractivity contribution in [1.29, 1.82) is 0 Å². The van der Waals surface area contributed by atoms with Gasteiger partial charge in [-0.15, -0.1) is 0 Å². The van der Waals surface area contributed by atoms with Crippen LogP contribution in [0.15, 0.2) is 12.3 Å². The summed E-state index contributed by atoms with van der Waals surface area (Å²) in [7, 11) is 0. The second-order valence-corrected chi connectivity index (χ2v) is 3.46. The van der Waals surface area contributed by atoms with Crippen molar-refractivity contribution >= 4 is 5.97 Å². The maximum Gasteiger partial charge on any atom is 0.329 e. The minimum Gasteiger partial charge on any atom is -0.478 e. The van der Waals surface area contributed by atoms with E-state index in [-0.39, 0.29) is 12.1 Å². The highest BCUT2D eigenvalue weighted by atomic mass is 16.4. The largest absolute Gasteiger partial charge is 0.478 e. The second-order valence-electron chi connectivity index (χ2n) is 3.46. The first kappa shape index (κ1) is 10.1. The fourth-order valence-corrected chi connectivity index (χ4v) is 1.69. The first-order valence-corrected chi connectivity index (χ1v) is 4.47. The van der Waals surface area contributed by atoms with E-state index in [1.54, 1.807) is 0 Å². The zero-order valence-electron chi connectivity index (χ0n) is 7.49. The molecule has 0 heterocycles. The number of hydrogen-bond donors (Lipinski definition) is 3. The van der Waals surface area contributed by atoms with E-state index in [0.717, 1.165) is 31.8 Å². The van der Waals surface area contributed by atoms with Gasteiger partial charge in [-0.3, -0.25) is 0 Å². The molecule has 0 radical (unpaired) electrons. The van der Waals surface area contributed by atoms with Crippen molar-refractivity contribution in [2.45, 2.75) is 31.2 Å². The molecule has 74 valence electrons. The monoisotopic (exact) mass is 185 g/mol. The minimum absolute atomic E-state index is 0.0664. The maximum absolute atomic E-state index is 10.2. The number of carbonyl (C=O) groups is 1. The van der Waals surface area contributed by atoms with E-state index in [0.29, 0.717) is 0 Å². The number of aliphatic hydroxyl groups excluding tert-OH is 1. The van der Waals surface area contributed by atoms with Gasteiger partial charge >= 0.3 is 5.97 Å². The molecule has 4 heteroatoms. The molecule has 13 heavy (non-hydrogen) atoms. The average Bonchev–Trinajstić information content (AvgIpc) is 2.53. The molecule has 4 nitrogen and oxygen atoms in total. The fraction of sp³-hybridized carbons (Fsp3) is 0.667. The summed E-state index contributed by atoms with van der Waals surface area (Å²) in [6.07, 6.45) is 6.46. The first-order chi connectivity index (χ1) is 6.18. The summed E-state index contributed by atoms with van der Waals surface area (Å²) in [4.78, 5) is 10.2. The molecule has 0 aromatic heterocycles. The van der Waals surface area contributed by atoms with Gasteiger partial charge in [-0.2, -0.15) is 0 Å². The van der Waals surface area contributed by atoms with Gasteiger partial charge in [0.15, 0.2) is 0 Å². The van der Waals surface area contributed by atoms with Crippen molar-refractivity contribution in [3.05, 3.63) is 12.3 Å². The molecule has 0 bridgehead atoms. The first-order valence-electron chi connectivity index (χ1n) is 4.47. The molecule has 0 aromatic carbocycles. The van der Waals surface area contributed by atoms with Crippen LogP contribution in [0, 0.1) is 0 Å². The molecule has 0 atom stereocenters. The number of nitrogens with one attached hydrogen (secondary N) is 1. The number of hydrogen-bond acceptors (Lipinski definition) is 3. The van der Waals surface area contributed by atoms with Crippen LogP contribution in [0.3, 0.4) is 0 Å². The summed E-state index contributed by atoms with van der Waals surface area (Å²) in [5.74, 6) is -0.974. The summed E-state index contributed by atoms with van der Waals surface area (Å²) < 4.78 is 0. The molecule has 1 aliphatic rings. The Morgan fingerprint density at radius 2 is 2.08 bits per heavy atom. The van der Waals surface area contributed by atoms with Gasteiger partial charge < -0.3 is 15.5 Å². The van der Waals surface area contributed by atoms with Gasteiger partial charge in [0.2, 0.25) is 0 Å². The second kappa shape index (κ2) is 4.28. The van der Waals surface area contributed by atoms with Crippen LogP contribution in [0.2, 0.25) is 0 Å². The van der Waals surface area contributed by atoms with Gasteiger partial charge in [-0.1, -0.05) is 12.8 Å². The molecule has 0 amide bonds. The van der Waals surface area contributed by atoms with Crippen LogP contribution in [0.1, 0.15) is 25.7 Å². The lowest BCUT2D eigenvalue weighted by atomic mass is 9.99. The van der Waals surface area contributed by atoms with Crippen molar-refractivity contribution in [2.24, 2.45) is 0 Å². The van der Waals surface area contributed by atoms with Gasteiger partial charge in [0, 0.05) is 12.3 Å². The zero-order chi connectivity index (χ0) is 9.73. The molecular weight excluding hydrogens is 170 g/mol. The van der Waals surface area contributed by atoms with E-state index in [9.17, 15) is 4.79 Å². The average molecular weight is 185 g/mol. The predicted molar refractivity (Wildman–Crippen MR) is 48.2 cm³/mol. The van der Waals surface area contributed by atoms with Crippen LogP contribution < -0.4 is 5.32 Å². The van der Waals surface area contributed by atoms with Crippen LogP contribution in [-0.2, 0) is 4.79 Å². The molecule has 0 aliphatic heterocycles. The van der Waals surface area contributed by atoms with Gasteiger partial charge in [-0.05, 0) is 12.8 Å². The Morgan fingerprint density at radius 1 is 1.46 bits per heavy atom. The Morgan fingerprint density at radius 3 is 2.54 bits per heavy atom. The Kier molecular flexibility index (Phi) is 3.31. The fourth-order valence-electron chi connectivity index (χ4n) is 1.69. The lowest BCUT2D eigenvalue weighted by Crippen LogP contribution is -2.43. The summed E-state index contributed by atoms with van der Waals surface area (Å²) in [5.41, 5.74) is -0.272. The third kappa shape index (κ3) is 2.73. The number of carboxylic acid groups (broad SMARTS) is 1. The Hall–Kier alpha value is -1.03. The minimum atomic E-state index is -0.974. The Labute approximate surface area is 77.3 Å². The molecule has 1 fully saturated rings. The topological polar surface area (TPSA) is 69.6 Å². The van der Waals surface area contributed by atoms with Crippen molar-refractivity contribution in [3.63, 3.8) is 0 Å². The molecular formula is C9H15NO3.